The first-order valence-corrected chi connectivity index (χ1v) is 8.74. The van der Waals surface area contributed by atoms with Crippen molar-refractivity contribution < 1.29 is 23.1 Å². The second kappa shape index (κ2) is 6.21. The largest absolute Gasteiger partial charge is 0.444 e. The number of ether oxygens (including phenoxy) is 1. The summed E-state index contributed by atoms with van der Waals surface area (Å²) in [6.45, 7) is 6.11. The molecule has 1 aromatic rings. The summed E-state index contributed by atoms with van der Waals surface area (Å²) in [6, 6.07) is 4.40. The van der Waals surface area contributed by atoms with Gasteiger partial charge in [-0.3, -0.25) is 4.79 Å². The van der Waals surface area contributed by atoms with E-state index in [4.69, 9.17) is 4.74 Å². The number of anilines is 1. The number of carbonyl (C=O) groups excluding carboxylic acids is 2. The molecule has 0 aliphatic carbocycles. The van der Waals surface area contributed by atoms with E-state index in [1.54, 1.807) is 38.8 Å². The van der Waals surface area contributed by atoms with Crippen molar-refractivity contribution in [3.8, 4) is 0 Å². The lowest BCUT2D eigenvalue weighted by atomic mass is 9.73. The molecule has 142 valence electrons. The maximum absolute atomic E-state index is 13.1. The Kier molecular flexibility index (Phi) is 4.45. The molecular formula is C19H24F2N2O3. The molecule has 2 aliphatic heterocycles. The van der Waals surface area contributed by atoms with Crippen LogP contribution in [0.2, 0.25) is 0 Å². The van der Waals surface area contributed by atoms with Gasteiger partial charge in [-0.05, 0) is 51.3 Å². The maximum atomic E-state index is 13.1. The predicted octanol–water partition coefficient (Wildman–Crippen LogP) is 3.87. The highest BCUT2D eigenvalue weighted by Crippen LogP contribution is 2.48. The summed E-state index contributed by atoms with van der Waals surface area (Å²) in [5.74, 6) is -0.0947. The first kappa shape index (κ1) is 18.6. The number of fused-ring (bicyclic) bond motifs is 2. The van der Waals surface area contributed by atoms with Crippen LogP contribution in [0, 0.1) is 0 Å². The first-order chi connectivity index (χ1) is 12.0. The van der Waals surface area contributed by atoms with Crippen LogP contribution in [0.1, 0.15) is 51.2 Å². The van der Waals surface area contributed by atoms with Crippen molar-refractivity contribution in [1.82, 2.24) is 4.90 Å². The monoisotopic (exact) mass is 366 g/mol. The lowest BCUT2D eigenvalue weighted by Gasteiger charge is -2.38. The van der Waals surface area contributed by atoms with Gasteiger partial charge in [-0.15, -0.1) is 0 Å². The fourth-order valence-electron chi connectivity index (χ4n) is 3.79. The summed E-state index contributed by atoms with van der Waals surface area (Å²) >= 11 is 0. The molecule has 3 rings (SSSR count). The lowest BCUT2D eigenvalue weighted by molar-refractivity contribution is -0.124. The molecule has 26 heavy (non-hydrogen) atoms. The molecular weight excluding hydrogens is 342 g/mol. The number of likely N-dealkylation sites (tertiary alicyclic amines) is 1. The molecule has 2 amide bonds. The molecule has 2 aliphatic rings. The first-order valence-electron chi connectivity index (χ1n) is 8.74. The van der Waals surface area contributed by atoms with Crippen LogP contribution in [-0.4, -0.2) is 42.6 Å². The number of piperidine rings is 1. The zero-order valence-electron chi connectivity index (χ0n) is 15.5. The van der Waals surface area contributed by atoms with Gasteiger partial charge in [0.15, 0.2) is 0 Å². The molecule has 7 heteroatoms. The number of carbonyl (C=O) groups is 2. The average molecular weight is 366 g/mol. The van der Waals surface area contributed by atoms with Gasteiger partial charge in [0.05, 0.1) is 5.41 Å². The Balaban J connectivity index is 1.85. The van der Waals surface area contributed by atoms with Gasteiger partial charge in [0.25, 0.3) is 6.43 Å². The van der Waals surface area contributed by atoms with Crippen LogP contribution >= 0.6 is 0 Å². The fraction of sp³-hybridized carbons (Fsp3) is 0.579. The van der Waals surface area contributed by atoms with Crippen molar-refractivity contribution in [2.24, 2.45) is 0 Å². The minimum absolute atomic E-state index is 0.0826. The highest BCUT2D eigenvalue weighted by Gasteiger charge is 2.51. The van der Waals surface area contributed by atoms with E-state index < -0.39 is 23.5 Å². The Hall–Kier alpha value is -2.18. The molecule has 1 spiro atoms. The number of hydrogen-bond donors (Lipinski definition) is 0. The number of likely N-dealkylation sites (N-methyl/N-ethyl adjacent to an activating group) is 1. The second-order valence-corrected chi connectivity index (χ2v) is 7.99. The Labute approximate surface area is 151 Å². The van der Waals surface area contributed by atoms with Gasteiger partial charge in [0, 0.05) is 31.4 Å². The van der Waals surface area contributed by atoms with Crippen molar-refractivity contribution in [2.75, 3.05) is 25.0 Å². The SMILES string of the molecule is CN1C(=O)C2(CCN(C(=O)OC(C)(C)C)CC2)c2cc(C(F)F)ccc21. The number of benzene rings is 1. The molecule has 0 atom stereocenters. The minimum Gasteiger partial charge on any atom is -0.444 e. The third-order valence-electron chi connectivity index (χ3n) is 5.13. The summed E-state index contributed by atoms with van der Waals surface area (Å²) in [7, 11) is 1.66. The highest BCUT2D eigenvalue weighted by atomic mass is 19.3. The zero-order valence-corrected chi connectivity index (χ0v) is 15.5. The molecule has 0 unspecified atom stereocenters. The molecule has 0 N–H and O–H groups in total. The lowest BCUT2D eigenvalue weighted by Crippen LogP contribution is -2.50. The van der Waals surface area contributed by atoms with E-state index >= 15 is 0 Å². The summed E-state index contributed by atoms with van der Waals surface area (Å²) < 4.78 is 31.7. The number of alkyl halides is 2. The van der Waals surface area contributed by atoms with Crippen LogP contribution in [0.4, 0.5) is 19.3 Å². The third kappa shape index (κ3) is 3.04. The van der Waals surface area contributed by atoms with Crippen molar-refractivity contribution in [3.05, 3.63) is 29.3 Å². The van der Waals surface area contributed by atoms with E-state index in [9.17, 15) is 18.4 Å². The van der Waals surface area contributed by atoms with Crippen LogP contribution < -0.4 is 4.90 Å². The summed E-state index contributed by atoms with van der Waals surface area (Å²) in [5.41, 5.74) is -0.195. The Morgan fingerprint density at radius 3 is 2.38 bits per heavy atom. The second-order valence-electron chi connectivity index (χ2n) is 7.99. The Bertz CT molecular complexity index is 735. The number of rotatable bonds is 1. The highest BCUT2D eigenvalue weighted by molar-refractivity contribution is 6.08. The van der Waals surface area contributed by atoms with Crippen LogP contribution in [0.25, 0.3) is 0 Å². The topological polar surface area (TPSA) is 49.9 Å². The quantitative estimate of drug-likeness (QED) is 0.758. The molecule has 1 saturated heterocycles. The van der Waals surface area contributed by atoms with E-state index in [-0.39, 0.29) is 11.5 Å². The van der Waals surface area contributed by atoms with E-state index in [0.29, 0.717) is 37.2 Å². The normalized spacial score (nSPS) is 19.3. The summed E-state index contributed by atoms with van der Waals surface area (Å²) in [4.78, 5) is 28.3. The molecule has 5 nitrogen and oxygen atoms in total. The van der Waals surface area contributed by atoms with Crippen molar-refractivity contribution in [1.29, 1.82) is 0 Å². The molecule has 2 heterocycles. The smallest absolute Gasteiger partial charge is 0.410 e. The minimum atomic E-state index is -2.58. The van der Waals surface area contributed by atoms with E-state index in [2.05, 4.69) is 0 Å². The number of amides is 2. The Morgan fingerprint density at radius 2 is 1.85 bits per heavy atom. The molecule has 0 bridgehead atoms. The predicted molar refractivity (Wildman–Crippen MR) is 93.5 cm³/mol. The summed E-state index contributed by atoms with van der Waals surface area (Å²) in [5, 5.41) is 0. The number of halogens is 2. The van der Waals surface area contributed by atoms with Gasteiger partial charge in [-0.1, -0.05) is 6.07 Å². The van der Waals surface area contributed by atoms with Crippen LogP contribution in [0.15, 0.2) is 18.2 Å². The van der Waals surface area contributed by atoms with Gasteiger partial charge in [0.1, 0.15) is 5.60 Å². The number of nitrogens with zero attached hydrogens (tertiary/aromatic N) is 2. The number of hydrogen-bond acceptors (Lipinski definition) is 3. The van der Waals surface area contributed by atoms with Gasteiger partial charge < -0.3 is 14.5 Å². The van der Waals surface area contributed by atoms with E-state index in [0.717, 1.165) is 0 Å². The molecule has 1 aromatic carbocycles. The van der Waals surface area contributed by atoms with Gasteiger partial charge in [0.2, 0.25) is 5.91 Å². The Morgan fingerprint density at radius 1 is 1.23 bits per heavy atom. The van der Waals surface area contributed by atoms with E-state index in [1.165, 1.54) is 17.0 Å². The molecule has 0 aromatic heterocycles. The van der Waals surface area contributed by atoms with Crippen LogP contribution in [0.5, 0.6) is 0 Å². The van der Waals surface area contributed by atoms with Gasteiger partial charge >= 0.3 is 6.09 Å². The third-order valence-corrected chi connectivity index (χ3v) is 5.13. The van der Waals surface area contributed by atoms with Crippen LogP contribution in [0.3, 0.4) is 0 Å². The van der Waals surface area contributed by atoms with Crippen molar-refractivity contribution in [2.45, 2.75) is 51.1 Å². The molecule has 0 radical (unpaired) electrons. The fourth-order valence-corrected chi connectivity index (χ4v) is 3.79. The summed E-state index contributed by atoms with van der Waals surface area (Å²) in [6.07, 6.45) is -2.20. The van der Waals surface area contributed by atoms with Crippen molar-refractivity contribution >= 4 is 17.7 Å². The van der Waals surface area contributed by atoms with Gasteiger partial charge in [-0.25, -0.2) is 13.6 Å². The molecule has 1 fully saturated rings. The maximum Gasteiger partial charge on any atom is 0.410 e. The van der Waals surface area contributed by atoms with E-state index in [1.807, 2.05) is 0 Å². The van der Waals surface area contributed by atoms with Crippen LogP contribution in [-0.2, 0) is 14.9 Å². The standard InChI is InChI=1S/C19H24F2N2O3/c1-18(2,3)26-17(25)23-9-7-19(8-10-23)13-11-12(15(20)21)5-6-14(13)22(4)16(19)24/h5-6,11,15H,7-10H2,1-4H3. The van der Waals surface area contributed by atoms with Gasteiger partial charge in [-0.2, -0.15) is 0 Å². The molecule has 0 saturated carbocycles. The van der Waals surface area contributed by atoms with Crippen molar-refractivity contribution in [3.63, 3.8) is 0 Å². The zero-order chi connectivity index (χ0) is 19.3. The average Bonchev–Trinajstić information content (AvgIpc) is 2.76.